The molecule has 2 fully saturated rings. The van der Waals surface area contributed by atoms with Crippen molar-refractivity contribution < 1.29 is 4.79 Å². The molecule has 1 aliphatic carbocycles. The molecule has 3 atom stereocenters. The van der Waals surface area contributed by atoms with Gasteiger partial charge in [-0.3, -0.25) is 4.79 Å². The maximum absolute atomic E-state index is 11.4. The molecular formula is C11H19NO. The van der Waals surface area contributed by atoms with Crippen LogP contribution in [0.1, 0.15) is 46.0 Å². The van der Waals surface area contributed by atoms with Crippen LogP contribution in [0, 0.1) is 5.92 Å². The summed E-state index contributed by atoms with van der Waals surface area (Å²) in [5.41, 5.74) is 0. The van der Waals surface area contributed by atoms with Crippen molar-refractivity contribution in [3.05, 3.63) is 0 Å². The largest absolute Gasteiger partial charge is 0.337 e. The van der Waals surface area contributed by atoms with Gasteiger partial charge in [-0.05, 0) is 32.1 Å². The third-order valence-corrected chi connectivity index (χ3v) is 3.71. The van der Waals surface area contributed by atoms with E-state index in [4.69, 9.17) is 0 Å². The smallest absolute Gasteiger partial charge is 0.219 e. The average molecular weight is 181 g/mol. The molecule has 1 unspecified atom stereocenters. The van der Waals surface area contributed by atoms with Crippen LogP contribution in [-0.2, 0) is 4.79 Å². The van der Waals surface area contributed by atoms with Gasteiger partial charge >= 0.3 is 0 Å². The summed E-state index contributed by atoms with van der Waals surface area (Å²) >= 11 is 0. The van der Waals surface area contributed by atoms with Crippen LogP contribution in [0.2, 0.25) is 0 Å². The molecule has 2 rings (SSSR count). The van der Waals surface area contributed by atoms with Gasteiger partial charge in [0.25, 0.3) is 0 Å². The van der Waals surface area contributed by atoms with Gasteiger partial charge in [0.05, 0.1) is 0 Å². The second-order valence-electron chi connectivity index (χ2n) is 4.62. The van der Waals surface area contributed by atoms with Crippen LogP contribution in [0.5, 0.6) is 0 Å². The van der Waals surface area contributed by atoms with Crippen LogP contribution < -0.4 is 0 Å². The summed E-state index contributed by atoms with van der Waals surface area (Å²) in [7, 11) is 0. The van der Waals surface area contributed by atoms with Crippen LogP contribution >= 0.6 is 0 Å². The number of fused-ring (bicyclic) bond motifs is 1. The number of rotatable bonds is 0. The summed E-state index contributed by atoms with van der Waals surface area (Å²) in [5, 5.41) is 0. The first kappa shape index (κ1) is 9.04. The minimum Gasteiger partial charge on any atom is -0.337 e. The van der Waals surface area contributed by atoms with E-state index in [1.807, 2.05) is 0 Å². The Bertz CT molecular complexity index is 214. The van der Waals surface area contributed by atoms with Crippen molar-refractivity contribution >= 4 is 5.91 Å². The van der Waals surface area contributed by atoms with Crippen molar-refractivity contribution in [2.24, 2.45) is 5.92 Å². The topological polar surface area (TPSA) is 20.3 Å². The third-order valence-electron chi connectivity index (χ3n) is 3.71. The molecule has 1 heterocycles. The number of hydrogen-bond donors (Lipinski definition) is 0. The van der Waals surface area contributed by atoms with Gasteiger partial charge < -0.3 is 4.90 Å². The predicted molar refractivity (Wildman–Crippen MR) is 52.3 cm³/mol. The van der Waals surface area contributed by atoms with Crippen molar-refractivity contribution in [2.45, 2.75) is 58.0 Å². The summed E-state index contributed by atoms with van der Waals surface area (Å²) in [6, 6.07) is 1.08. The van der Waals surface area contributed by atoms with Gasteiger partial charge in [0.2, 0.25) is 5.91 Å². The van der Waals surface area contributed by atoms with Crippen molar-refractivity contribution in [1.29, 1.82) is 0 Å². The molecule has 13 heavy (non-hydrogen) atoms. The third kappa shape index (κ3) is 1.47. The Morgan fingerprint density at radius 3 is 2.69 bits per heavy atom. The lowest BCUT2D eigenvalue weighted by Crippen LogP contribution is -2.40. The van der Waals surface area contributed by atoms with E-state index in [0.717, 1.165) is 5.92 Å². The van der Waals surface area contributed by atoms with Crippen molar-refractivity contribution in [1.82, 2.24) is 4.90 Å². The molecule has 0 aromatic heterocycles. The van der Waals surface area contributed by atoms with Gasteiger partial charge in [-0.25, -0.2) is 0 Å². The fourth-order valence-electron chi connectivity index (χ4n) is 3.25. The molecule has 1 saturated heterocycles. The first-order valence-electron chi connectivity index (χ1n) is 5.49. The number of nitrogens with zero attached hydrogens (tertiary/aromatic N) is 1. The molecule has 1 amide bonds. The fraction of sp³-hybridized carbons (Fsp3) is 0.909. The summed E-state index contributed by atoms with van der Waals surface area (Å²) in [6.45, 7) is 3.91. The lowest BCUT2D eigenvalue weighted by Gasteiger charge is -2.32. The molecule has 0 aromatic rings. The molecule has 0 spiro atoms. The van der Waals surface area contributed by atoms with Crippen LogP contribution in [0.25, 0.3) is 0 Å². The monoisotopic (exact) mass is 181 g/mol. The highest BCUT2D eigenvalue weighted by Crippen LogP contribution is 2.39. The van der Waals surface area contributed by atoms with Crippen LogP contribution in [-0.4, -0.2) is 22.9 Å². The Hall–Kier alpha value is -0.530. The Balaban J connectivity index is 2.13. The fourth-order valence-corrected chi connectivity index (χ4v) is 3.25. The Labute approximate surface area is 80.3 Å². The summed E-state index contributed by atoms with van der Waals surface area (Å²) in [4.78, 5) is 13.6. The van der Waals surface area contributed by atoms with E-state index in [1.165, 1.54) is 32.1 Å². The quantitative estimate of drug-likeness (QED) is 0.561. The van der Waals surface area contributed by atoms with Gasteiger partial charge in [-0.1, -0.05) is 12.8 Å². The minimum atomic E-state index is 0.280. The number of amides is 1. The molecule has 0 aromatic carbocycles. The second-order valence-corrected chi connectivity index (χ2v) is 4.62. The van der Waals surface area contributed by atoms with Crippen molar-refractivity contribution in [3.8, 4) is 0 Å². The molecule has 0 radical (unpaired) electrons. The minimum absolute atomic E-state index is 0.280. The molecule has 2 nitrogen and oxygen atoms in total. The van der Waals surface area contributed by atoms with E-state index < -0.39 is 0 Å². The van der Waals surface area contributed by atoms with E-state index in [1.54, 1.807) is 6.92 Å². The number of carbonyl (C=O) groups is 1. The highest BCUT2D eigenvalue weighted by molar-refractivity contribution is 5.74. The van der Waals surface area contributed by atoms with Gasteiger partial charge in [-0.15, -0.1) is 0 Å². The van der Waals surface area contributed by atoms with Crippen LogP contribution in [0.4, 0.5) is 0 Å². The zero-order valence-electron chi connectivity index (χ0n) is 8.62. The Morgan fingerprint density at radius 1 is 1.31 bits per heavy atom. The van der Waals surface area contributed by atoms with E-state index in [9.17, 15) is 4.79 Å². The molecular weight excluding hydrogens is 162 g/mol. The maximum atomic E-state index is 11.4. The lowest BCUT2D eigenvalue weighted by atomic mass is 9.85. The second kappa shape index (κ2) is 3.32. The molecule has 74 valence electrons. The predicted octanol–water partition coefficient (Wildman–Crippen LogP) is 2.19. The Morgan fingerprint density at radius 2 is 2.00 bits per heavy atom. The zero-order chi connectivity index (χ0) is 9.42. The van der Waals surface area contributed by atoms with E-state index in [0.29, 0.717) is 12.1 Å². The SMILES string of the molecule is CC(=O)N1C(C)C[C@H]2CCCC[C@H]21. The number of carbonyl (C=O) groups excluding carboxylic acids is 1. The lowest BCUT2D eigenvalue weighted by molar-refractivity contribution is -0.132. The molecule has 0 bridgehead atoms. The first-order valence-corrected chi connectivity index (χ1v) is 5.49. The molecule has 0 N–H and O–H groups in total. The number of likely N-dealkylation sites (tertiary alicyclic amines) is 1. The standard InChI is InChI=1S/C11H19NO/c1-8-7-10-5-3-4-6-11(10)12(8)9(2)13/h8,10-11H,3-7H2,1-2H3/t8?,10-,11-/m1/s1. The maximum Gasteiger partial charge on any atom is 0.219 e. The molecule has 2 heteroatoms. The van der Waals surface area contributed by atoms with Gasteiger partial charge in [0.1, 0.15) is 0 Å². The molecule has 1 saturated carbocycles. The van der Waals surface area contributed by atoms with E-state index >= 15 is 0 Å². The van der Waals surface area contributed by atoms with E-state index in [2.05, 4.69) is 11.8 Å². The van der Waals surface area contributed by atoms with Crippen LogP contribution in [0.15, 0.2) is 0 Å². The average Bonchev–Trinajstić information content (AvgIpc) is 2.39. The summed E-state index contributed by atoms with van der Waals surface area (Å²) in [5.74, 6) is 1.09. The highest BCUT2D eigenvalue weighted by atomic mass is 16.2. The highest BCUT2D eigenvalue weighted by Gasteiger charge is 2.40. The van der Waals surface area contributed by atoms with Crippen molar-refractivity contribution in [3.63, 3.8) is 0 Å². The zero-order valence-corrected chi connectivity index (χ0v) is 8.62. The van der Waals surface area contributed by atoms with Crippen LogP contribution in [0.3, 0.4) is 0 Å². The van der Waals surface area contributed by atoms with Gasteiger partial charge in [-0.2, -0.15) is 0 Å². The Kier molecular flexibility index (Phi) is 2.31. The van der Waals surface area contributed by atoms with Gasteiger partial charge in [0.15, 0.2) is 0 Å². The number of hydrogen-bond acceptors (Lipinski definition) is 1. The summed E-state index contributed by atoms with van der Waals surface area (Å²) in [6.07, 6.45) is 6.52. The normalized spacial score (nSPS) is 38.9. The van der Waals surface area contributed by atoms with Gasteiger partial charge in [0, 0.05) is 19.0 Å². The van der Waals surface area contributed by atoms with Crippen molar-refractivity contribution in [2.75, 3.05) is 0 Å². The first-order chi connectivity index (χ1) is 6.20. The van der Waals surface area contributed by atoms with E-state index in [-0.39, 0.29) is 5.91 Å². The summed E-state index contributed by atoms with van der Waals surface area (Å²) < 4.78 is 0. The molecule has 2 aliphatic rings. The molecule has 1 aliphatic heterocycles.